The zero-order valence-corrected chi connectivity index (χ0v) is 18.7. The van der Waals surface area contributed by atoms with Gasteiger partial charge in [0.25, 0.3) is 5.91 Å². The van der Waals surface area contributed by atoms with Gasteiger partial charge in [-0.25, -0.2) is 18.4 Å². The van der Waals surface area contributed by atoms with Gasteiger partial charge in [-0.05, 0) is 24.1 Å². The van der Waals surface area contributed by atoms with Gasteiger partial charge in [-0.2, -0.15) is 5.10 Å². The van der Waals surface area contributed by atoms with Crippen LogP contribution in [0, 0.1) is 0 Å². The van der Waals surface area contributed by atoms with E-state index in [1.807, 2.05) is 23.7 Å². The largest absolute Gasteiger partial charge is 0.497 e. The summed E-state index contributed by atoms with van der Waals surface area (Å²) in [7, 11) is 0.231. The lowest BCUT2D eigenvalue weighted by Crippen LogP contribution is -2.44. The number of rotatable bonds is 6. The second kappa shape index (κ2) is 8.73. The maximum absolute atomic E-state index is 13.1. The Balaban J connectivity index is 1.59. The van der Waals surface area contributed by atoms with E-state index in [9.17, 15) is 18.0 Å². The average Bonchev–Trinajstić information content (AvgIpc) is 3.37. The number of hydrazone groups is 1. The molecule has 1 aromatic carbocycles. The van der Waals surface area contributed by atoms with Gasteiger partial charge in [-0.15, -0.1) is 0 Å². The Bertz CT molecular complexity index is 1160. The molecule has 2 atom stereocenters. The number of amides is 2. The number of nitrogens with zero attached hydrogens (tertiary/aromatic N) is 4. The lowest BCUT2D eigenvalue weighted by molar-refractivity contribution is -0.133. The Morgan fingerprint density at radius 2 is 2.00 bits per heavy atom. The highest BCUT2D eigenvalue weighted by molar-refractivity contribution is 7.91. The van der Waals surface area contributed by atoms with Crippen molar-refractivity contribution in [2.45, 2.75) is 31.3 Å². The molecule has 1 aromatic heterocycles. The number of sulfone groups is 1. The Morgan fingerprint density at radius 3 is 2.59 bits per heavy atom. The molecule has 0 aliphatic carbocycles. The fraction of sp³-hybridized carbons (Fsp3) is 0.429. The molecule has 170 valence electrons. The molecule has 1 N–H and O–H groups in total. The molecule has 0 saturated carbocycles. The van der Waals surface area contributed by atoms with E-state index in [4.69, 9.17) is 4.74 Å². The lowest BCUT2D eigenvalue weighted by atomic mass is 10.0. The maximum Gasteiger partial charge on any atom is 0.268 e. The van der Waals surface area contributed by atoms with E-state index in [1.54, 1.807) is 31.6 Å². The van der Waals surface area contributed by atoms with Crippen molar-refractivity contribution in [3.63, 3.8) is 0 Å². The van der Waals surface area contributed by atoms with Crippen molar-refractivity contribution in [3.05, 3.63) is 48.0 Å². The number of imidazole rings is 1. The first-order chi connectivity index (χ1) is 15.3. The van der Waals surface area contributed by atoms with Crippen molar-refractivity contribution in [1.82, 2.24) is 19.9 Å². The van der Waals surface area contributed by atoms with Crippen LogP contribution in [0.25, 0.3) is 0 Å². The van der Waals surface area contributed by atoms with E-state index < -0.39 is 27.8 Å². The van der Waals surface area contributed by atoms with E-state index in [2.05, 4.69) is 15.4 Å². The third-order valence-electron chi connectivity index (χ3n) is 5.72. The zero-order chi connectivity index (χ0) is 22.9. The number of ether oxygens (including phenoxy) is 1. The van der Waals surface area contributed by atoms with Crippen LogP contribution >= 0.6 is 0 Å². The number of carbonyl (C=O) groups is 2. The second-order valence-corrected chi connectivity index (χ2v) is 10.1. The van der Waals surface area contributed by atoms with Crippen LogP contribution in [-0.4, -0.2) is 65.2 Å². The van der Waals surface area contributed by atoms with E-state index in [-0.39, 0.29) is 36.0 Å². The highest BCUT2D eigenvalue weighted by atomic mass is 32.2. The molecule has 11 heteroatoms. The van der Waals surface area contributed by atoms with Crippen LogP contribution in [0.15, 0.2) is 41.8 Å². The summed E-state index contributed by atoms with van der Waals surface area (Å²) in [6.07, 6.45) is 4.07. The number of nitrogens with one attached hydrogen (secondary N) is 1. The first-order valence-electron chi connectivity index (χ1n) is 10.3. The molecule has 3 heterocycles. The summed E-state index contributed by atoms with van der Waals surface area (Å²) in [5.74, 6) is 0.535. The Morgan fingerprint density at radius 1 is 1.25 bits per heavy atom. The van der Waals surface area contributed by atoms with Gasteiger partial charge < -0.3 is 14.6 Å². The van der Waals surface area contributed by atoms with Crippen LogP contribution in [0.4, 0.5) is 0 Å². The normalized spacial score (nSPS) is 21.2. The van der Waals surface area contributed by atoms with E-state index in [1.165, 1.54) is 5.01 Å². The summed E-state index contributed by atoms with van der Waals surface area (Å²) in [5, 5.41) is 8.43. The highest BCUT2D eigenvalue weighted by Gasteiger charge is 2.37. The number of carbonyl (C=O) groups excluding carboxylic acids is 2. The summed E-state index contributed by atoms with van der Waals surface area (Å²) in [6, 6.07) is 6.23. The van der Waals surface area contributed by atoms with Crippen LogP contribution in [0.3, 0.4) is 0 Å². The summed E-state index contributed by atoms with van der Waals surface area (Å²) >= 11 is 0. The van der Waals surface area contributed by atoms with Gasteiger partial charge in [0, 0.05) is 32.3 Å². The molecule has 1 fully saturated rings. The molecule has 10 nitrogen and oxygen atoms in total. The van der Waals surface area contributed by atoms with Crippen LogP contribution in [-0.2, 0) is 26.5 Å². The van der Waals surface area contributed by atoms with E-state index >= 15 is 0 Å². The van der Waals surface area contributed by atoms with Crippen molar-refractivity contribution < 1.29 is 22.7 Å². The molecule has 4 rings (SSSR count). The van der Waals surface area contributed by atoms with Crippen molar-refractivity contribution in [3.8, 4) is 5.75 Å². The molecule has 1 saturated heterocycles. The van der Waals surface area contributed by atoms with Gasteiger partial charge in [0.2, 0.25) is 5.91 Å². The summed E-state index contributed by atoms with van der Waals surface area (Å²) in [5.41, 5.74) is 1.00. The third-order valence-corrected chi connectivity index (χ3v) is 7.47. The molecular formula is C21H25N5O5S. The monoisotopic (exact) mass is 459 g/mol. The minimum atomic E-state index is -3.19. The lowest BCUT2D eigenvalue weighted by Gasteiger charge is -2.28. The van der Waals surface area contributed by atoms with Crippen LogP contribution < -0.4 is 10.1 Å². The minimum Gasteiger partial charge on any atom is -0.497 e. The summed E-state index contributed by atoms with van der Waals surface area (Å²) < 4.78 is 30.7. The topological polar surface area (TPSA) is 123 Å². The van der Waals surface area contributed by atoms with Crippen LogP contribution in [0.1, 0.15) is 36.7 Å². The SMILES string of the molecule is COc1ccc([C@H](NC(=O)C2=NN([C@@H]3CCS(=O)(=O)C3)C(=O)CC2)c2nccn2C)cc1. The number of aromatic nitrogens is 2. The third kappa shape index (κ3) is 4.52. The number of methoxy groups -OCH3 is 1. The Hall–Kier alpha value is -3.21. The fourth-order valence-corrected chi connectivity index (χ4v) is 5.64. The molecule has 2 aliphatic heterocycles. The van der Waals surface area contributed by atoms with Gasteiger partial charge in [-0.3, -0.25) is 9.59 Å². The molecule has 0 radical (unpaired) electrons. The first-order valence-corrected chi connectivity index (χ1v) is 12.1. The van der Waals surface area contributed by atoms with Gasteiger partial charge >= 0.3 is 0 Å². The standard InChI is InChI=1S/C21H25N5O5S/c1-25-11-10-22-20(25)19(14-3-5-16(31-2)6-4-14)23-21(28)17-7-8-18(27)26(24-17)15-9-12-32(29,30)13-15/h3-6,10-11,15,19H,7-9,12-13H2,1-2H3,(H,23,28)/t15-,19+/m1/s1. The summed E-state index contributed by atoms with van der Waals surface area (Å²) in [4.78, 5) is 29.9. The van der Waals surface area contributed by atoms with Gasteiger partial charge in [0.1, 0.15) is 23.3 Å². The van der Waals surface area contributed by atoms with Crippen LogP contribution in [0.5, 0.6) is 5.75 Å². The van der Waals surface area contributed by atoms with Gasteiger partial charge in [-0.1, -0.05) is 12.1 Å². The molecule has 2 amide bonds. The smallest absolute Gasteiger partial charge is 0.268 e. The van der Waals surface area contributed by atoms with Gasteiger partial charge in [0.15, 0.2) is 9.84 Å². The molecule has 2 aliphatic rings. The van der Waals surface area contributed by atoms with Crippen molar-refractivity contribution in [2.75, 3.05) is 18.6 Å². The fourth-order valence-electron chi connectivity index (χ4n) is 3.95. The predicted octanol–water partition coefficient (Wildman–Crippen LogP) is 0.800. The van der Waals surface area contributed by atoms with Gasteiger partial charge in [0.05, 0.1) is 24.7 Å². The maximum atomic E-state index is 13.1. The highest BCUT2D eigenvalue weighted by Crippen LogP contribution is 2.25. The molecular weight excluding hydrogens is 434 g/mol. The quantitative estimate of drug-likeness (QED) is 0.682. The van der Waals surface area contributed by atoms with Crippen molar-refractivity contribution in [1.29, 1.82) is 0 Å². The first kappa shape index (κ1) is 22.0. The number of aryl methyl sites for hydroxylation is 1. The van der Waals surface area contributed by atoms with Crippen molar-refractivity contribution >= 4 is 27.4 Å². The molecule has 2 aromatic rings. The predicted molar refractivity (Wildman–Crippen MR) is 117 cm³/mol. The molecule has 32 heavy (non-hydrogen) atoms. The molecule has 0 spiro atoms. The van der Waals surface area contributed by atoms with Crippen molar-refractivity contribution in [2.24, 2.45) is 12.1 Å². The second-order valence-electron chi connectivity index (χ2n) is 7.92. The Kier molecular flexibility index (Phi) is 6.00. The minimum absolute atomic E-state index is 0.0250. The zero-order valence-electron chi connectivity index (χ0n) is 17.9. The number of hydrogen-bond acceptors (Lipinski definition) is 7. The number of hydrogen-bond donors (Lipinski definition) is 1. The molecule has 0 unspecified atom stereocenters. The summed E-state index contributed by atoms with van der Waals surface area (Å²) in [6.45, 7) is 0. The van der Waals surface area contributed by atoms with E-state index in [0.717, 1.165) is 5.56 Å². The van der Waals surface area contributed by atoms with E-state index in [0.29, 0.717) is 18.0 Å². The Labute approximate surface area is 186 Å². The average molecular weight is 460 g/mol. The van der Waals surface area contributed by atoms with Crippen LogP contribution in [0.2, 0.25) is 0 Å². The number of benzene rings is 1. The molecule has 0 bridgehead atoms.